The highest BCUT2D eigenvalue weighted by molar-refractivity contribution is 6.18. The molecule has 1 heterocycles. The van der Waals surface area contributed by atoms with Gasteiger partial charge in [0.1, 0.15) is 11.4 Å². The lowest BCUT2D eigenvalue weighted by Crippen LogP contribution is -2.11. The summed E-state index contributed by atoms with van der Waals surface area (Å²) in [5, 5.41) is 14.9. The number of alkyl halides is 1. The van der Waals surface area contributed by atoms with Crippen LogP contribution < -0.4 is 0 Å². The summed E-state index contributed by atoms with van der Waals surface area (Å²) in [4.78, 5) is 10.3. The fourth-order valence-corrected chi connectivity index (χ4v) is 1.57. The smallest absolute Gasteiger partial charge is 0.262 e. The number of aryl methyl sites for hydroxylation is 1. The van der Waals surface area contributed by atoms with Gasteiger partial charge in [0, 0.05) is 12.4 Å². The molecule has 0 saturated heterocycles. The average molecular weight is 232 g/mol. The van der Waals surface area contributed by atoms with Crippen LogP contribution in [0.3, 0.4) is 0 Å². The van der Waals surface area contributed by atoms with Crippen molar-refractivity contribution in [3.05, 3.63) is 21.5 Å². The Labute approximate surface area is 93.2 Å². The number of rotatable bonds is 4. The minimum absolute atomic E-state index is 0.108. The summed E-state index contributed by atoms with van der Waals surface area (Å²) in [6.07, 6.45) is 0. The number of hydrogen-bond donors (Lipinski definition) is 0. The second-order valence-corrected chi connectivity index (χ2v) is 4.03. The summed E-state index contributed by atoms with van der Waals surface area (Å²) in [6.45, 7) is 5.95. The van der Waals surface area contributed by atoms with Gasteiger partial charge in [0.05, 0.1) is 4.92 Å². The van der Waals surface area contributed by atoms with Gasteiger partial charge >= 0.3 is 5.69 Å². The number of nitro groups is 1. The van der Waals surface area contributed by atoms with E-state index in [9.17, 15) is 10.1 Å². The van der Waals surface area contributed by atoms with Crippen LogP contribution >= 0.6 is 11.6 Å². The second-order valence-electron chi connectivity index (χ2n) is 3.72. The highest BCUT2D eigenvalue weighted by atomic mass is 35.5. The maximum atomic E-state index is 10.7. The van der Waals surface area contributed by atoms with E-state index in [2.05, 4.69) is 5.10 Å². The first-order valence-electron chi connectivity index (χ1n) is 4.71. The molecule has 0 amide bonds. The summed E-state index contributed by atoms with van der Waals surface area (Å²) in [6, 6.07) is 0. The van der Waals surface area contributed by atoms with Crippen molar-refractivity contribution in [2.45, 2.75) is 27.3 Å². The Morgan fingerprint density at radius 3 is 2.60 bits per heavy atom. The van der Waals surface area contributed by atoms with Crippen molar-refractivity contribution >= 4 is 17.3 Å². The van der Waals surface area contributed by atoms with Crippen molar-refractivity contribution in [2.24, 2.45) is 5.92 Å². The van der Waals surface area contributed by atoms with Gasteiger partial charge < -0.3 is 0 Å². The predicted octanol–water partition coefficient (Wildman–Crippen LogP) is 2.28. The Hall–Kier alpha value is -1.10. The van der Waals surface area contributed by atoms with E-state index in [-0.39, 0.29) is 16.5 Å². The van der Waals surface area contributed by atoms with Gasteiger partial charge in [-0.25, -0.2) is 0 Å². The maximum Gasteiger partial charge on any atom is 0.312 e. The molecule has 6 heteroatoms. The molecular weight excluding hydrogens is 218 g/mol. The molecule has 0 aliphatic heterocycles. The number of hydrogen-bond acceptors (Lipinski definition) is 3. The molecule has 0 saturated carbocycles. The standard InChI is InChI=1S/C9H14ClN3O2/c1-6(4-10)5-12-8(3)9(13(14)15)7(2)11-12/h6H,4-5H2,1-3H3. The highest BCUT2D eigenvalue weighted by Crippen LogP contribution is 2.22. The SMILES string of the molecule is Cc1nn(CC(C)CCl)c(C)c1[N+](=O)[O-]. The van der Waals surface area contributed by atoms with Gasteiger partial charge in [-0.1, -0.05) is 6.92 Å². The Balaban J connectivity index is 3.01. The van der Waals surface area contributed by atoms with Gasteiger partial charge in [0.15, 0.2) is 0 Å². The Bertz CT molecular complexity index is 376. The third-order valence-electron chi connectivity index (χ3n) is 2.27. The average Bonchev–Trinajstić information content (AvgIpc) is 2.41. The summed E-state index contributed by atoms with van der Waals surface area (Å²) < 4.78 is 1.65. The molecule has 1 unspecified atom stereocenters. The third kappa shape index (κ3) is 2.47. The van der Waals surface area contributed by atoms with Crippen LogP contribution in [0, 0.1) is 29.9 Å². The van der Waals surface area contributed by atoms with Gasteiger partial charge in [-0.15, -0.1) is 11.6 Å². The Morgan fingerprint density at radius 2 is 2.20 bits per heavy atom. The lowest BCUT2D eigenvalue weighted by molar-refractivity contribution is -0.386. The van der Waals surface area contributed by atoms with Crippen molar-refractivity contribution in [1.29, 1.82) is 0 Å². The van der Waals surface area contributed by atoms with Crippen molar-refractivity contribution in [1.82, 2.24) is 9.78 Å². The molecule has 1 aromatic rings. The molecule has 0 aromatic carbocycles. The highest BCUT2D eigenvalue weighted by Gasteiger charge is 2.22. The van der Waals surface area contributed by atoms with Gasteiger partial charge in [-0.3, -0.25) is 14.8 Å². The molecule has 0 radical (unpaired) electrons. The lowest BCUT2D eigenvalue weighted by Gasteiger charge is -2.08. The van der Waals surface area contributed by atoms with Crippen molar-refractivity contribution in [3.63, 3.8) is 0 Å². The minimum atomic E-state index is -0.389. The van der Waals surface area contributed by atoms with E-state index < -0.39 is 0 Å². The van der Waals surface area contributed by atoms with Crippen LogP contribution in [0.1, 0.15) is 18.3 Å². The van der Waals surface area contributed by atoms with Crippen LogP contribution in [0.2, 0.25) is 0 Å². The van der Waals surface area contributed by atoms with Crippen LogP contribution in [0.15, 0.2) is 0 Å². The van der Waals surface area contributed by atoms with Crippen molar-refractivity contribution in [3.8, 4) is 0 Å². The molecule has 0 bridgehead atoms. The lowest BCUT2D eigenvalue weighted by atomic mass is 10.2. The zero-order chi connectivity index (χ0) is 11.6. The summed E-state index contributed by atoms with van der Waals surface area (Å²) in [5.74, 6) is 0.774. The molecule has 0 spiro atoms. The Kier molecular flexibility index (Phi) is 3.68. The maximum absolute atomic E-state index is 10.7. The fraction of sp³-hybridized carbons (Fsp3) is 0.667. The molecule has 84 valence electrons. The fourth-order valence-electron chi connectivity index (χ4n) is 1.47. The topological polar surface area (TPSA) is 61.0 Å². The van der Waals surface area contributed by atoms with E-state index in [1.54, 1.807) is 18.5 Å². The van der Waals surface area contributed by atoms with Gasteiger partial charge in [-0.2, -0.15) is 5.10 Å². The first-order chi connectivity index (χ1) is 6.97. The largest absolute Gasteiger partial charge is 0.312 e. The molecule has 5 nitrogen and oxygen atoms in total. The third-order valence-corrected chi connectivity index (χ3v) is 2.80. The number of nitrogens with zero attached hydrogens (tertiary/aromatic N) is 3. The zero-order valence-corrected chi connectivity index (χ0v) is 9.78. The first-order valence-corrected chi connectivity index (χ1v) is 5.25. The normalized spacial score (nSPS) is 12.8. The minimum Gasteiger partial charge on any atom is -0.262 e. The van der Waals surface area contributed by atoms with Gasteiger partial charge in [0.2, 0.25) is 0 Å². The predicted molar refractivity (Wildman–Crippen MR) is 58.2 cm³/mol. The quantitative estimate of drug-likeness (QED) is 0.454. The van der Waals surface area contributed by atoms with Crippen molar-refractivity contribution < 1.29 is 4.92 Å². The van der Waals surface area contributed by atoms with Gasteiger partial charge in [0.25, 0.3) is 0 Å². The monoisotopic (exact) mass is 231 g/mol. The molecule has 0 aliphatic carbocycles. The molecule has 1 atom stereocenters. The second kappa shape index (κ2) is 4.61. The van der Waals surface area contributed by atoms with E-state index in [0.717, 1.165) is 0 Å². The van der Waals surface area contributed by atoms with E-state index >= 15 is 0 Å². The van der Waals surface area contributed by atoms with Crippen LogP contribution in [0.25, 0.3) is 0 Å². The van der Waals surface area contributed by atoms with E-state index in [0.29, 0.717) is 23.8 Å². The molecule has 15 heavy (non-hydrogen) atoms. The number of halogens is 1. The molecule has 0 aliphatic rings. The number of aromatic nitrogens is 2. The molecular formula is C9H14ClN3O2. The molecule has 0 N–H and O–H groups in total. The van der Waals surface area contributed by atoms with Crippen LogP contribution in [0.4, 0.5) is 5.69 Å². The van der Waals surface area contributed by atoms with Gasteiger partial charge in [-0.05, 0) is 19.8 Å². The zero-order valence-electron chi connectivity index (χ0n) is 9.03. The van der Waals surface area contributed by atoms with Crippen LogP contribution in [-0.2, 0) is 6.54 Å². The molecule has 1 aromatic heterocycles. The summed E-state index contributed by atoms with van der Waals surface area (Å²) in [7, 11) is 0. The van der Waals surface area contributed by atoms with E-state index in [1.165, 1.54) is 0 Å². The molecule has 1 rings (SSSR count). The van der Waals surface area contributed by atoms with E-state index in [1.807, 2.05) is 6.92 Å². The summed E-state index contributed by atoms with van der Waals surface area (Å²) >= 11 is 5.69. The van der Waals surface area contributed by atoms with Crippen LogP contribution in [-0.4, -0.2) is 20.6 Å². The molecule has 0 fully saturated rings. The van der Waals surface area contributed by atoms with Crippen molar-refractivity contribution in [2.75, 3.05) is 5.88 Å². The summed E-state index contributed by atoms with van der Waals surface area (Å²) in [5.41, 5.74) is 1.16. The van der Waals surface area contributed by atoms with E-state index in [4.69, 9.17) is 11.6 Å². The van der Waals surface area contributed by atoms with Crippen LogP contribution in [0.5, 0.6) is 0 Å². The first kappa shape index (κ1) is 12.0. The Morgan fingerprint density at radius 1 is 1.60 bits per heavy atom.